The Balaban J connectivity index is 1.81. The van der Waals surface area contributed by atoms with Crippen molar-refractivity contribution in [3.63, 3.8) is 0 Å². The second-order valence-electron chi connectivity index (χ2n) is 6.27. The van der Waals surface area contributed by atoms with Crippen LogP contribution in [0.2, 0.25) is 5.02 Å². The van der Waals surface area contributed by atoms with Crippen LogP contribution < -0.4 is 0 Å². The maximum absolute atomic E-state index is 11.7. The number of aliphatic hydroxyl groups is 1. The van der Waals surface area contributed by atoms with Crippen LogP contribution in [-0.4, -0.2) is 34.6 Å². The van der Waals surface area contributed by atoms with Crippen molar-refractivity contribution < 1.29 is 5.11 Å². The van der Waals surface area contributed by atoms with Crippen molar-refractivity contribution in [2.45, 2.75) is 18.7 Å². The molecule has 0 spiro atoms. The van der Waals surface area contributed by atoms with E-state index < -0.39 is 5.60 Å². The van der Waals surface area contributed by atoms with E-state index >= 15 is 0 Å². The van der Waals surface area contributed by atoms with Gasteiger partial charge in [-0.25, -0.2) is 19.3 Å². The Morgan fingerprint density at radius 2 is 1.44 bits per heavy atom. The Labute approximate surface area is 160 Å². The summed E-state index contributed by atoms with van der Waals surface area (Å²) in [6, 6.07) is 15.3. The highest BCUT2D eigenvalue weighted by Crippen LogP contribution is 2.34. The third kappa shape index (κ3) is 3.74. The molecular formula is C19H17ClN6O. The van der Waals surface area contributed by atoms with Gasteiger partial charge in [0.25, 0.3) is 0 Å². The number of hydrogen-bond acceptors (Lipinski definition) is 5. The van der Waals surface area contributed by atoms with Crippen molar-refractivity contribution in [3.05, 3.63) is 84.4 Å². The molecule has 0 amide bonds. The van der Waals surface area contributed by atoms with Crippen LogP contribution in [0, 0.1) is 0 Å². The molecular weight excluding hydrogens is 364 g/mol. The van der Waals surface area contributed by atoms with Crippen LogP contribution in [0.25, 0.3) is 11.1 Å². The molecule has 136 valence electrons. The lowest BCUT2D eigenvalue weighted by Crippen LogP contribution is -2.37. The summed E-state index contributed by atoms with van der Waals surface area (Å²) in [4.78, 5) is 7.96. The summed E-state index contributed by atoms with van der Waals surface area (Å²) < 4.78 is 3.21. The van der Waals surface area contributed by atoms with Gasteiger partial charge in [0, 0.05) is 5.02 Å². The van der Waals surface area contributed by atoms with Gasteiger partial charge in [0.05, 0.1) is 13.1 Å². The molecule has 1 N–H and O–H groups in total. The van der Waals surface area contributed by atoms with E-state index in [4.69, 9.17) is 11.6 Å². The zero-order valence-electron chi connectivity index (χ0n) is 14.4. The summed E-state index contributed by atoms with van der Waals surface area (Å²) in [5.41, 5.74) is 1.36. The van der Waals surface area contributed by atoms with E-state index in [9.17, 15) is 5.11 Å². The minimum Gasteiger partial charge on any atom is -0.381 e. The van der Waals surface area contributed by atoms with Gasteiger partial charge in [-0.1, -0.05) is 48.0 Å². The molecule has 0 aliphatic heterocycles. The summed E-state index contributed by atoms with van der Waals surface area (Å²) in [6.07, 6.45) is 6.05. The van der Waals surface area contributed by atoms with E-state index in [0.29, 0.717) is 5.02 Å². The van der Waals surface area contributed by atoms with Gasteiger partial charge in [0.2, 0.25) is 0 Å². The first-order chi connectivity index (χ1) is 13.1. The minimum atomic E-state index is -1.28. The third-order valence-electron chi connectivity index (χ3n) is 4.36. The molecule has 2 aromatic carbocycles. The monoisotopic (exact) mass is 380 g/mol. The second-order valence-corrected chi connectivity index (χ2v) is 6.71. The fourth-order valence-corrected chi connectivity index (χ4v) is 3.28. The maximum atomic E-state index is 11.7. The average Bonchev–Trinajstić information content (AvgIpc) is 3.36. The predicted octanol–water partition coefficient (Wildman–Crippen LogP) is 2.78. The van der Waals surface area contributed by atoms with Crippen molar-refractivity contribution >= 4 is 11.6 Å². The van der Waals surface area contributed by atoms with Gasteiger partial charge in [-0.15, -0.1) is 0 Å². The normalized spacial score (nSPS) is 11.6. The highest BCUT2D eigenvalue weighted by atomic mass is 35.5. The Kier molecular flexibility index (Phi) is 4.70. The van der Waals surface area contributed by atoms with Gasteiger partial charge in [0.1, 0.15) is 30.9 Å². The van der Waals surface area contributed by atoms with E-state index in [-0.39, 0.29) is 13.1 Å². The number of nitrogens with zero attached hydrogens (tertiary/aromatic N) is 6. The molecule has 0 aliphatic rings. The van der Waals surface area contributed by atoms with E-state index in [0.717, 1.165) is 16.7 Å². The number of hydrogen-bond donors (Lipinski definition) is 1. The zero-order chi connectivity index (χ0) is 18.7. The van der Waals surface area contributed by atoms with Crippen LogP contribution >= 0.6 is 11.6 Å². The fourth-order valence-electron chi connectivity index (χ4n) is 3.16. The van der Waals surface area contributed by atoms with Gasteiger partial charge >= 0.3 is 0 Å². The van der Waals surface area contributed by atoms with E-state index in [1.165, 1.54) is 12.7 Å². The van der Waals surface area contributed by atoms with E-state index in [1.54, 1.807) is 22.0 Å². The Bertz CT molecular complexity index is 963. The van der Waals surface area contributed by atoms with E-state index in [1.807, 2.05) is 48.5 Å². The number of benzene rings is 2. The molecule has 0 atom stereocenters. The number of rotatable bonds is 6. The molecule has 7 nitrogen and oxygen atoms in total. The Morgan fingerprint density at radius 1 is 0.852 bits per heavy atom. The predicted molar refractivity (Wildman–Crippen MR) is 101 cm³/mol. The molecule has 0 radical (unpaired) electrons. The summed E-state index contributed by atoms with van der Waals surface area (Å²) in [6.45, 7) is 0.439. The molecule has 0 unspecified atom stereocenters. The van der Waals surface area contributed by atoms with Crippen LogP contribution in [-0.2, 0) is 18.7 Å². The minimum absolute atomic E-state index is 0.220. The SMILES string of the molecule is OC(Cn1cncn1)(Cn1cncn1)c1ccccc1-c1ccc(Cl)cc1. The molecule has 4 rings (SSSR count). The summed E-state index contributed by atoms with van der Waals surface area (Å²) in [5, 5.41) is 20.7. The number of aromatic nitrogens is 6. The molecule has 0 saturated carbocycles. The van der Waals surface area contributed by atoms with Crippen molar-refractivity contribution in [2.24, 2.45) is 0 Å². The molecule has 2 heterocycles. The largest absolute Gasteiger partial charge is 0.381 e. The van der Waals surface area contributed by atoms with Crippen molar-refractivity contribution in [1.29, 1.82) is 0 Å². The highest BCUT2D eigenvalue weighted by Gasteiger charge is 2.34. The van der Waals surface area contributed by atoms with Crippen LogP contribution in [0.3, 0.4) is 0 Å². The van der Waals surface area contributed by atoms with Crippen molar-refractivity contribution in [2.75, 3.05) is 0 Å². The van der Waals surface area contributed by atoms with Crippen molar-refractivity contribution in [3.8, 4) is 11.1 Å². The second kappa shape index (κ2) is 7.30. The molecule has 0 saturated heterocycles. The first-order valence-corrected chi connectivity index (χ1v) is 8.74. The molecule has 4 aromatic rings. The first kappa shape index (κ1) is 17.4. The summed E-state index contributed by atoms with van der Waals surface area (Å²) >= 11 is 6.03. The zero-order valence-corrected chi connectivity index (χ0v) is 15.1. The Hall–Kier alpha value is -3.03. The summed E-state index contributed by atoms with van der Waals surface area (Å²) in [5.74, 6) is 0. The third-order valence-corrected chi connectivity index (χ3v) is 4.62. The van der Waals surface area contributed by atoms with Crippen LogP contribution in [0.4, 0.5) is 0 Å². The lowest BCUT2D eigenvalue weighted by molar-refractivity contribution is -0.00488. The highest BCUT2D eigenvalue weighted by molar-refractivity contribution is 6.30. The van der Waals surface area contributed by atoms with E-state index in [2.05, 4.69) is 20.2 Å². The summed E-state index contributed by atoms with van der Waals surface area (Å²) in [7, 11) is 0. The fraction of sp³-hybridized carbons (Fsp3) is 0.158. The maximum Gasteiger partial charge on any atom is 0.137 e. The topological polar surface area (TPSA) is 81.6 Å². The van der Waals surface area contributed by atoms with Gasteiger partial charge in [-0.2, -0.15) is 10.2 Å². The van der Waals surface area contributed by atoms with Crippen LogP contribution in [0.5, 0.6) is 0 Å². The van der Waals surface area contributed by atoms with Gasteiger partial charge in [-0.3, -0.25) is 0 Å². The lowest BCUT2D eigenvalue weighted by atomic mass is 9.86. The van der Waals surface area contributed by atoms with Gasteiger partial charge in [-0.05, 0) is 28.8 Å². The lowest BCUT2D eigenvalue weighted by Gasteiger charge is -2.30. The average molecular weight is 381 g/mol. The molecule has 8 heteroatoms. The van der Waals surface area contributed by atoms with Crippen LogP contribution in [0.1, 0.15) is 5.56 Å². The molecule has 0 bridgehead atoms. The molecule has 2 aromatic heterocycles. The van der Waals surface area contributed by atoms with Gasteiger partial charge < -0.3 is 5.11 Å². The van der Waals surface area contributed by atoms with Crippen LogP contribution in [0.15, 0.2) is 73.8 Å². The molecule has 0 aliphatic carbocycles. The molecule has 0 fully saturated rings. The standard InChI is InChI=1S/C19H17ClN6O/c20-16-7-5-15(6-8-16)17-3-1-2-4-18(17)19(27,9-25-13-21-11-23-25)10-26-14-22-12-24-26/h1-8,11-14,27H,9-10H2. The van der Waals surface area contributed by atoms with Gasteiger partial charge in [0.15, 0.2) is 0 Å². The molecule has 27 heavy (non-hydrogen) atoms. The van der Waals surface area contributed by atoms with Crippen molar-refractivity contribution in [1.82, 2.24) is 29.5 Å². The number of halogens is 1. The first-order valence-electron chi connectivity index (χ1n) is 8.37. The smallest absolute Gasteiger partial charge is 0.137 e. The Morgan fingerprint density at radius 3 is 2.00 bits per heavy atom. The quantitative estimate of drug-likeness (QED) is 0.556.